The largest absolute Gasteiger partial charge is 1.00 e. The Bertz CT molecular complexity index is 828. The number of aryl methyl sites for hydroxylation is 1. The van der Waals surface area contributed by atoms with E-state index >= 15 is 0 Å². The molecule has 1 aromatic carbocycles. The molecule has 0 saturated carbocycles. The van der Waals surface area contributed by atoms with Crippen molar-refractivity contribution < 1.29 is 18.3 Å². The van der Waals surface area contributed by atoms with E-state index < -0.39 is 0 Å². The number of nitrogens with zero attached hydrogens (tertiary/aromatic N) is 3. The maximum absolute atomic E-state index is 6.10. The smallest absolute Gasteiger partial charge is 1.00 e. The second-order valence-corrected chi connectivity index (χ2v) is 6.26. The molecule has 3 aromatic rings. The molecule has 1 aliphatic heterocycles. The fourth-order valence-corrected chi connectivity index (χ4v) is 3.21. The normalized spacial score (nSPS) is 16.0. The van der Waals surface area contributed by atoms with Crippen molar-refractivity contribution in [3.05, 3.63) is 30.1 Å². The summed E-state index contributed by atoms with van der Waals surface area (Å²) in [4.78, 5) is 11.9. The van der Waals surface area contributed by atoms with E-state index in [4.69, 9.17) is 14.4 Å². The van der Waals surface area contributed by atoms with Crippen LogP contribution in [0.1, 0.15) is 33.9 Å². The Morgan fingerprint density at radius 1 is 1.22 bits per heavy atom. The van der Waals surface area contributed by atoms with Crippen molar-refractivity contribution in [2.45, 2.75) is 33.1 Å². The lowest BCUT2D eigenvalue weighted by Crippen LogP contribution is -3.00. The predicted octanol–water partition coefficient (Wildman–Crippen LogP) is 1.29. The third kappa shape index (κ3) is 2.76. The molecule has 3 heterocycles. The van der Waals surface area contributed by atoms with E-state index in [0.717, 1.165) is 59.1 Å². The number of halogens is 1. The predicted molar refractivity (Wildman–Crippen MR) is 90.4 cm³/mol. The van der Waals surface area contributed by atoms with Crippen molar-refractivity contribution in [1.82, 2.24) is 9.97 Å². The van der Waals surface area contributed by atoms with Gasteiger partial charge in [-0.3, -0.25) is 0 Å². The van der Waals surface area contributed by atoms with E-state index in [9.17, 15) is 0 Å². The first-order valence-corrected chi connectivity index (χ1v) is 8.19. The quantitative estimate of drug-likeness (QED) is 0.709. The summed E-state index contributed by atoms with van der Waals surface area (Å²) in [6.45, 7) is 6.53. The van der Waals surface area contributed by atoms with E-state index in [1.807, 2.05) is 18.2 Å². The van der Waals surface area contributed by atoms with Crippen LogP contribution in [0.5, 0.6) is 0 Å². The molecular weight excluding hydrogens is 310 g/mol. The Kier molecular flexibility index (Phi) is 4.44. The van der Waals surface area contributed by atoms with Gasteiger partial charge in [0.2, 0.25) is 0 Å². The average Bonchev–Trinajstić information content (AvgIpc) is 2.93. The van der Waals surface area contributed by atoms with Crippen LogP contribution in [-0.4, -0.2) is 23.1 Å². The lowest BCUT2D eigenvalue weighted by molar-refractivity contribution is -0.00000516. The van der Waals surface area contributed by atoms with Gasteiger partial charge in [0.1, 0.15) is 16.9 Å². The molecule has 0 radical (unpaired) electrons. The SMILES string of the molecule is CCc1nc(N2CCC(C)CC2)c2oc3ccccc3c2n1.[Cl-].[H+]. The number of para-hydroxylation sites is 1. The van der Waals surface area contributed by atoms with Gasteiger partial charge in [0.05, 0.1) is 0 Å². The second kappa shape index (κ2) is 6.36. The number of benzene rings is 1. The highest BCUT2D eigenvalue weighted by atomic mass is 35.5. The van der Waals surface area contributed by atoms with Gasteiger partial charge in [0.15, 0.2) is 11.4 Å². The Hall–Kier alpha value is -1.81. The first-order chi connectivity index (χ1) is 10.8. The Morgan fingerprint density at radius 2 is 1.96 bits per heavy atom. The first-order valence-electron chi connectivity index (χ1n) is 8.19. The van der Waals surface area contributed by atoms with Crippen LogP contribution in [-0.2, 0) is 6.42 Å². The molecule has 0 unspecified atom stereocenters. The van der Waals surface area contributed by atoms with Crippen LogP contribution in [0.2, 0.25) is 0 Å². The molecule has 122 valence electrons. The van der Waals surface area contributed by atoms with Crippen molar-refractivity contribution in [2.24, 2.45) is 5.92 Å². The molecule has 23 heavy (non-hydrogen) atoms. The molecule has 1 fully saturated rings. The Labute approximate surface area is 143 Å². The van der Waals surface area contributed by atoms with Crippen molar-refractivity contribution in [2.75, 3.05) is 18.0 Å². The van der Waals surface area contributed by atoms with Crippen LogP contribution >= 0.6 is 0 Å². The zero-order valence-corrected chi connectivity index (χ0v) is 14.3. The van der Waals surface area contributed by atoms with E-state index in [1.165, 1.54) is 12.8 Å². The zero-order valence-electron chi connectivity index (χ0n) is 14.6. The Balaban J connectivity index is 0.00000104. The summed E-state index contributed by atoms with van der Waals surface area (Å²) in [5.41, 5.74) is 2.69. The van der Waals surface area contributed by atoms with E-state index in [-0.39, 0.29) is 13.8 Å². The van der Waals surface area contributed by atoms with Gasteiger partial charge in [-0.1, -0.05) is 26.0 Å². The average molecular weight is 332 g/mol. The van der Waals surface area contributed by atoms with Crippen LogP contribution in [0.15, 0.2) is 28.7 Å². The van der Waals surface area contributed by atoms with Gasteiger partial charge in [-0.05, 0) is 30.9 Å². The van der Waals surface area contributed by atoms with E-state index in [1.54, 1.807) is 0 Å². The number of piperidine rings is 1. The van der Waals surface area contributed by atoms with Gasteiger partial charge in [-0.2, -0.15) is 0 Å². The van der Waals surface area contributed by atoms with Crippen molar-refractivity contribution in [3.8, 4) is 0 Å². The third-order valence-electron chi connectivity index (χ3n) is 4.65. The fraction of sp³-hybridized carbons (Fsp3) is 0.444. The van der Waals surface area contributed by atoms with Crippen LogP contribution in [0.25, 0.3) is 22.1 Å². The van der Waals surface area contributed by atoms with Crippen molar-refractivity contribution in [1.29, 1.82) is 0 Å². The number of anilines is 1. The summed E-state index contributed by atoms with van der Waals surface area (Å²) in [5, 5.41) is 1.08. The molecule has 0 spiro atoms. The Morgan fingerprint density at radius 3 is 2.70 bits per heavy atom. The number of furan rings is 1. The minimum Gasteiger partial charge on any atom is -1.00 e. The molecule has 4 nitrogen and oxygen atoms in total. The van der Waals surface area contributed by atoms with Crippen LogP contribution in [0, 0.1) is 5.92 Å². The fourth-order valence-electron chi connectivity index (χ4n) is 3.21. The molecule has 0 N–H and O–H groups in total. The zero-order chi connectivity index (χ0) is 15.1. The van der Waals surface area contributed by atoms with Gasteiger partial charge >= 0.3 is 1.43 Å². The molecular formula is C18H22ClN3O. The minimum absolute atomic E-state index is 0. The summed E-state index contributed by atoms with van der Waals surface area (Å²) >= 11 is 0. The standard InChI is InChI=1S/C18H21N3O.ClH/c1-3-15-19-16-13-6-4-5-7-14(13)22-17(16)18(20-15)21-10-8-12(2)9-11-21;/h4-7,12H,3,8-11H2,1-2H3;1H. The third-order valence-corrected chi connectivity index (χ3v) is 4.65. The van der Waals surface area contributed by atoms with Crippen LogP contribution in [0.4, 0.5) is 5.82 Å². The number of hydrogen-bond acceptors (Lipinski definition) is 4. The maximum Gasteiger partial charge on any atom is 1.00 e. The highest BCUT2D eigenvalue weighted by Gasteiger charge is 2.23. The molecule has 0 amide bonds. The number of aromatic nitrogens is 2. The van der Waals surface area contributed by atoms with Crippen LogP contribution < -0.4 is 17.3 Å². The van der Waals surface area contributed by atoms with Gasteiger partial charge in [0.25, 0.3) is 0 Å². The number of hydrogen-bond donors (Lipinski definition) is 0. The lowest BCUT2D eigenvalue weighted by atomic mass is 9.99. The molecule has 0 bridgehead atoms. The minimum atomic E-state index is 0. The highest BCUT2D eigenvalue weighted by Crippen LogP contribution is 2.34. The topological polar surface area (TPSA) is 42.2 Å². The van der Waals surface area contributed by atoms with Crippen molar-refractivity contribution in [3.63, 3.8) is 0 Å². The highest BCUT2D eigenvalue weighted by molar-refractivity contribution is 6.05. The monoisotopic (exact) mass is 331 g/mol. The number of rotatable bonds is 2. The molecule has 2 aromatic heterocycles. The summed E-state index contributed by atoms with van der Waals surface area (Å²) in [7, 11) is 0. The molecule has 5 heteroatoms. The molecule has 4 rings (SSSR count). The second-order valence-electron chi connectivity index (χ2n) is 6.26. The van der Waals surface area contributed by atoms with E-state index in [2.05, 4.69) is 24.8 Å². The molecule has 0 aliphatic carbocycles. The molecule has 1 saturated heterocycles. The van der Waals surface area contributed by atoms with Gasteiger partial charge in [-0.25, -0.2) is 9.97 Å². The summed E-state index contributed by atoms with van der Waals surface area (Å²) in [5.74, 6) is 2.67. The summed E-state index contributed by atoms with van der Waals surface area (Å²) in [6.07, 6.45) is 3.27. The van der Waals surface area contributed by atoms with Crippen molar-refractivity contribution >= 4 is 27.9 Å². The lowest BCUT2D eigenvalue weighted by Gasteiger charge is -2.31. The summed E-state index contributed by atoms with van der Waals surface area (Å²) in [6, 6.07) is 8.12. The molecule has 1 aliphatic rings. The van der Waals surface area contributed by atoms with E-state index in [0.29, 0.717) is 0 Å². The maximum atomic E-state index is 6.10. The van der Waals surface area contributed by atoms with Crippen LogP contribution in [0.3, 0.4) is 0 Å². The molecule has 0 atom stereocenters. The van der Waals surface area contributed by atoms with Gasteiger partial charge < -0.3 is 21.7 Å². The van der Waals surface area contributed by atoms with Gasteiger partial charge in [-0.15, -0.1) is 0 Å². The first kappa shape index (κ1) is 16.1. The van der Waals surface area contributed by atoms with Gasteiger partial charge in [0, 0.05) is 24.9 Å². The summed E-state index contributed by atoms with van der Waals surface area (Å²) < 4.78 is 6.10. The number of fused-ring (bicyclic) bond motifs is 3.